The lowest BCUT2D eigenvalue weighted by Crippen LogP contribution is -2.60. The fraction of sp³-hybridized carbons (Fsp3) is 0.946. The van der Waals surface area contributed by atoms with Gasteiger partial charge >= 0.3 is 0 Å². The van der Waals surface area contributed by atoms with Gasteiger partial charge in [0.25, 0.3) is 0 Å². The molecule has 10 nitrogen and oxygen atoms in total. The highest BCUT2D eigenvalue weighted by molar-refractivity contribution is 5.81. The zero-order valence-electron chi connectivity index (χ0n) is 31.1. The molecule has 0 aromatic heterocycles. The van der Waals surface area contributed by atoms with Crippen molar-refractivity contribution in [2.45, 2.75) is 177 Å². The molecular formula is C37H64O10. The molecule has 0 aromatic rings. The van der Waals surface area contributed by atoms with Crippen molar-refractivity contribution in [3.63, 3.8) is 0 Å². The smallest absolute Gasteiger partial charge is 0.162 e. The van der Waals surface area contributed by atoms with E-state index in [1.54, 1.807) is 6.92 Å². The highest BCUT2D eigenvalue weighted by Crippen LogP contribution is 2.43. The number of rotatable bonds is 10. The average molecular weight is 669 g/mol. The first-order valence-electron chi connectivity index (χ1n) is 18.3. The summed E-state index contributed by atoms with van der Waals surface area (Å²) in [5.74, 6) is -0.146. The quantitative estimate of drug-likeness (QED) is 0.317. The van der Waals surface area contributed by atoms with Gasteiger partial charge in [-0.25, -0.2) is 0 Å². The van der Waals surface area contributed by atoms with E-state index in [1.807, 2.05) is 20.8 Å². The molecule has 0 amide bonds. The number of ketones is 2. The summed E-state index contributed by atoms with van der Waals surface area (Å²) in [6.45, 7) is 26.0. The van der Waals surface area contributed by atoms with Crippen molar-refractivity contribution < 1.29 is 47.9 Å². The fourth-order valence-electron chi connectivity index (χ4n) is 8.03. The van der Waals surface area contributed by atoms with Crippen LogP contribution in [0.1, 0.15) is 103 Å². The van der Waals surface area contributed by atoms with E-state index in [1.165, 1.54) is 6.92 Å². The minimum Gasteiger partial charge on any atom is -0.390 e. The van der Waals surface area contributed by atoms with Crippen LogP contribution in [-0.2, 0) is 42.7 Å². The second-order valence-electron chi connectivity index (χ2n) is 15.5. The molecule has 10 heteroatoms. The van der Waals surface area contributed by atoms with Crippen LogP contribution in [0.15, 0.2) is 0 Å². The van der Waals surface area contributed by atoms with Crippen LogP contribution in [0, 0.1) is 47.3 Å². The van der Waals surface area contributed by atoms with E-state index in [9.17, 15) is 14.7 Å². The van der Waals surface area contributed by atoms with Gasteiger partial charge in [0.1, 0.15) is 12.2 Å². The number of Topliss-reactive ketones (excluding diaryl/α,β-unsaturated/α-hetero) is 2. The second-order valence-corrected chi connectivity index (χ2v) is 15.5. The topological polar surface area (TPSA) is 119 Å². The monoisotopic (exact) mass is 668 g/mol. The molecule has 4 saturated heterocycles. The van der Waals surface area contributed by atoms with Crippen LogP contribution in [0.5, 0.6) is 0 Å². The molecule has 47 heavy (non-hydrogen) atoms. The van der Waals surface area contributed by atoms with Crippen molar-refractivity contribution in [3.8, 4) is 0 Å². The fourth-order valence-corrected chi connectivity index (χ4v) is 8.03. The Morgan fingerprint density at radius 3 is 1.38 bits per heavy atom. The lowest BCUT2D eigenvalue weighted by atomic mass is 9.80. The van der Waals surface area contributed by atoms with Crippen molar-refractivity contribution in [3.05, 3.63) is 0 Å². The highest BCUT2D eigenvalue weighted by atomic mass is 16.7. The SMILES string of the molecule is CCC1OC(C)C(C)[C@@H](C)[C@H]1O[C@@H]1OC(C(C)=O)[C@H](O[C@@H]2OC(CC)[C@H](O[C@@H]3OC(C(C)=O)[C@H](O)[C@H](C)C3C)[C@H](C)C2C)[C@@H](C)C1C. The van der Waals surface area contributed by atoms with E-state index in [-0.39, 0.29) is 83.5 Å². The van der Waals surface area contributed by atoms with E-state index in [0.717, 1.165) is 6.42 Å². The zero-order chi connectivity index (χ0) is 35.1. The Kier molecular flexibility index (Phi) is 13.1. The molecule has 0 spiro atoms. The standard InChI is InChI=1S/C37H64O10/c1-14-27-30(18(5)16(3)26(13)41-27)43-37-23(10)20(7)32(34(47-37)25(12)39)45-35-22(9)19(6)31(28(15-2)42-35)44-36-21(8)17(4)29(40)33(46-36)24(11)38/h16-23,26-37,40H,14-15H2,1-13H3/t16?,17-,18-,19-,20+,21?,22?,23?,26?,27?,28?,29-,30-,31-,32-,33?,34?,35+,36-,37-/m1/s1. The van der Waals surface area contributed by atoms with Crippen molar-refractivity contribution in [1.82, 2.24) is 0 Å². The average Bonchev–Trinajstić information content (AvgIpc) is 3.03. The molecule has 4 aliphatic rings. The third-order valence-corrected chi connectivity index (χ3v) is 12.5. The number of aliphatic hydroxyl groups is 1. The third-order valence-electron chi connectivity index (χ3n) is 12.5. The lowest BCUT2D eigenvalue weighted by molar-refractivity contribution is -0.351. The van der Waals surface area contributed by atoms with E-state index >= 15 is 0 Å². The molecule has 0 bridgehead atoms. The van der Waals surface area contributed by atoms with Gasteiger partial charge in [-0.2, -0.15) is 0 Å². The Morgan fingerprint density at radius 2 is 0.894 bits per heavy atom. The Balaban J connectivity index is 1.47. The van der Waals surface area contributed by atoms with Gasteiger partial charge in [0, 0.05) is 17.8 Å². The van der Waals surface area contributed by atoms with Gasteiger partial charge in [0.15, 0.2) is 30.4 Å². The molecule has 0 aromatic carbocycles. The maximum absolute atomic E-state index is 13.1. The predicted octanol–water partition coefficient (Wildman–Crippen LogP) is 5.55. The summed E-state index contributed by atoms with van der Waals surface area (Å²) in [5.41, 5.74) is 0. The molecule has 4 aliphatic heterocycles. The van der Waals surface area contributed by atoms with E-state index in [0.29, 0.717) is 12.3 Å². The number of ether oxygens (including phenoxy) is 7. The van der Waals surface area contributed by atoms with Crippen LogP contribution < -0.4 is 0 Å². The van der Waals surface area contributed by atoms with Crippen molar-refractivity contribution in [2.24, 2.45) is 47.3 Å². The lowest BCUT2D eigenvalue weighted by Gasteiger charge is -2.51. The number of carbonyl (C=O) groups is 2. The highest BCUT2D eigenvalue weighted by Gasteiger charge is 2.52. The summed E-state index contributed by atoms with van der Waals surface area (Å²) in [6, 6.07) is 0. The maximum Gasteiger partial charge on any atom is 0.162 e. The van der Waals surface area contributed by atoms with E-state index in [4.69, 9.17) is 33.2 Å². The van der Waals surface area contributed by atoms with Crippen LogP contribution in [0.4, 0.5) is 0 Å². The predicted molar refractivity (Wildman–Crippen MR) is 176 cm³/mol. The Morgan fingerprint density at radius 1 is 0.511 bits per heavy atom. The maximum atomic E-state index is 13.1. The number of hydrogen-bond acceptors (Lipinski definition) is 10. The van der Waals surface area contributed by atoms with Gasteiger partial charge < -0.3 is 38.3 Å². The molecule has 1 N–H and O–H groups in total. The molecular weight excluding hydrogens is 604 g/mol. The van der Waals surface area contributed by atoms with Crippen molar-refractivity contribution in [1.29, 1.82) is 0 Å². The van der Waals surface area contributed by atoms with Gasteiger partial charge in [-0.15, -0.1) is 0 Å². The summed E-state index contributed by atoms with van der Waals surface area (Å²) >= 11 is 0. The number of aliphatic hydroxyl groups excluding tert-OH is 1. The molecule has 9 unspecified atom stereocenters. The largest absolute Gasteiger partial charge is 0.390 e. The van der Waals surface area contributed by atoms with Crippen LogP contribution in [-0.4, -0.2) is 90.5 Å². The van der Waals surface area contributed by atoms with Crippen LogP contribution >= 0.6 is 0 Å². The van der Waals surface area contributed by atoms with Crippen LogP contribution in [0.25, 0.3) is 0 Å². The van der Waals surface area contributed by atoms with Crippen LogP contribution in [0.3, 0.4) is 0 Å². The van der Waals surface area contributed by atoms with Crippen molar-refractivity contribution >= 4 is 11.6 Å². The summed E-state index contributed by atoms with van der Waals surface area (Å²) in [5, 5.41) is 10.6. The molecule has 0 saturated carbocycles. The van der Waals surface area contributed by atoms with Crippen molar-refractivity contribution in [2.75, 3.05) is 0 Å². The summed E-state index contributed by atoms with van der Waals surface area (Å²) in [6.07, 6.45) is -4.00. The molecule has 4 rings (SSSR count). The van der Waals surface area contributed by atoms with Gasteiger partial charge in [0.05, 0.1) is 42.7 Å². The minimum absolute atomic E-state index is 0.0136. The first kappa shape index (κ1) is 38.8. The molecule has 0 aliphatic carbocycles. The summed E-state index contributed by atoms with van der Waals surface area (Å²) in [4.78, 5) is 25.4. The summed E-state index contributed by atoms with van der Waals surface area (Å²) in [7, 11) is 0. The number of hydrogen-bond donors (Lipinski definition) is 1. The minimum atomic E-state index is -0.917. The first-order valence-corrected chi connectivity index (χ1v) is 18.3. The molecule has 4 fully saturated rings. The molecule has 4 heterocycles. The first-order chi connectivity index (χ1) is 22.0. The second kappa shape index (κ2) is 15.9. The molecule has 272 valence electrons. The van der Waals surface area contributed by atoms with Gasteiger partial charge in [-0.3, -0.25) is 9.59 Å². The third kappa shape index (κ3) is 7.85. The normalized spacial score (nSPS) is 51.0. The Bertz CT molecular complexity index is 1050. The molecule has 0 radical (unpaired) electrons. The Hall–Kier alpha value is -0.980. The zero-order valence-corrected chi connectivity index (χ0v) is 31.1. The Labute approximate surface area is 283 Å². The summed E-state index contributed by atoms with van der Waals surface area (Å²) < 4.78 is 45.6. The van der Waals surface area contributed by atoms with E-state index < -0.39 is 43.3 Å². The van der Waals surface area contributed by atoms with Gasteiger partial charge in [0.2, 0.25) is 0 Å². The molecule has 20 atom stereocenters. The van der Waals surface area contributed by atoms with Gasteiger partial charge in [-0.05, 0) is 63.2 Å². The van der Waals surface area contributed by atoms with Crippen LogP contribution in [0.2, 0.25) is 0 Å². The number of carbonyl (C=O) groups excluding carboxylic acids is 2. The van der Waals surface area contributed by atoms with Gasteiger partial charge in [-0.1, -0.05) is 69.2 Å². The van der Waals surface area contributed by atoms with E-state index in [2.05, 4.69) is 55.4 Å².